The molecule has 10 heteroatoms. The van der Waals surface area contributed by atoms with E-state index < -0.39 is 54.7 Å². The molecule has 6 N–H and O–H groups in total. The number of rotatable bonds is 16. The lowest BCUT2D eigenvalue weighted by Gasteiger charge is -2.30. The number of nitrogens with one attached hydrogen (secondary N) is 1. The summed E-state index contributed by atoms with van der Waals surface area (Å²) >= 11 is 0. The second-order valence-corrected chi connectivity index (χ2v) is 9.90. The number of carbonyl (C=O) groups is 4. The molecule has 1 unspecified atom stereocenters. The highest BCUT2D eigenvalue weighted by Crippen LogP contribution is 2.22. The molecular weight excluding hydrogens is 478 g/mol. The fourth-order valence-corrected chi connectivity index (χ4v) is 3.91. The fraction of sp³-hybridized carbons (Fsp3) is 0.556. The van der Waals surface area contributed by atoms with Crippen molar-refractivity contribution in [1.29, 1.82) is 0 Å². The number of hydrogen-bond donors (Lipinski definition) is 4. The van der Waals surface area contributed by atoms with Crippen molar-refractivity contribution in [2.24, 2.45) is 29.2 Å². The van der Waals surface area contributed by atoms with Crippen molar-refractivity contribution in [2.75, 3.05) is 0 Å². The van der Waals surface area contributed by atoms with Crippen LogP contribution >= 0.6 is 0 Å². The second kappa shape index (κ2) is 15.7. The van der Waals surface area contributed by atoms with Gasteiger partial charge in [0, 0.05) is 6.42 Å². The van der Waals surface area contributed by atoms with Gasteiger partial charge in [0.05, 0.1) is 18.6 Å². The molecule has 0 aliphatic rings. The van der Waals surface area contributed by atoms with E-state index in [2.05, 4.69) is 11.9 Å². The molecule has 37 heavy (non-hydrogen) atoms. The van der Waals surface area contributed by atoms with Crippen LogP contribution in [-0.4, -0.2) is 53.3 Å². The summed E-state index contributed by atoms with van der Waals surface area (Å²) in [6, 6.07) is 8.00. The van der Waals surface area contributed by atoms with E-state index in [0.29, 0.717) is 18.4 Å². The van der Waals surface area contributed by atoms with Crippen LogP contribution < -0.4 is 16.8 Å². The van der Waals surface area contributed by atoms with Crippen LogP contribution in [0.3, 0.4) is 0 Å². The van der Waals surface area contributed by atoms with Gasteiger partial charge >= 0.3 is 12.1 Å². The summed E-state index contributed by atoms with van der Waals surface area (Å²) in [5, 5.41) is 13.6. The lowest BCUT2D eigenvalue weighted by molar-refractivity contribution is -0.165. The van der Waals surface area contributed by atoms with Gasteiger partial charge in [-0.3, -0.25) is 9.59 Å². The number of primary amides is 2. The maximum atomic E-state index is 13.1. The van der Waals surface area contributed by atoms with Gasteiger partial charge in [0.15, 0.2) is 6.10 Å². The molecule has 0 aliphatic carbocycles. The molecule has 3 amide bonds. The Morgan fingerprint density at radius 1 is 1.00 bits per heavy atom. The number of esters is 1. The molecule has 0 saturated carbocycles. The van der Waals surface area contributed by atoms with E-state index in [1.54, 1.807) is 36.4 Å². The maximum absolute atomic E-state index is 13.1. The maximum Gasteiger partial charge on any atom is 0.405 e. The van der Waals surface area contributed by atoms with E-state index in [1.165, 1.54) is 0 Å². The van der Waals surface area contributed by atoms with E-state index >= 15 is 0 Å². The van der Waals surface area contributed by atoms with Crippen molar-refractivity contribution in [1.82, 2.24) is 5.32 Å². The monoisotopic (exact) mass is 519 g/mol. The van der Waals surface area contributed by atoms with Crippen LogP contribution in [0.1, 0.15) is 52.5 Å². The zero-order valence-corrected chi connectivity index (χ0v) is 22.1. The minimum absolute atomic E-state index is 0.0190. The summed E-state index contributed by atoms with van der Waals surface area (Å²) < 4.78 is 10.2. The average Bonchev–Trinajstić information content (AvgIpc) is 2.80. The fourth-order valence-electron chi connectivity index (χ4n) is 3.91. The Morgan fingerprint density at radius 3 is 2.11 bits per heavy atom. The molecular formula is C27H41N3O7. The van der Waals surface area contributed by atoms with Crippen LogP contribution in [-0.2, 0) is 30.3 Å². The zero-order valence-electron chi connectivity index (χ0n) is 22.1. The van der Waals surface area contributed by atoms with E-state index in [0.717, 1.165) is 0 Å². The molecule has 1 rings (SSSR count). The van der Waals surface area contributed by atoms with Gasteiger partial charge < -0.3 is 31.4 Å². The van der Waals surface area contributed by atoms with Crippen LogP contribution in [0.4, 0.5) is 4.79 Å². The van der Waals surface area contributed by atoms with Crippen LogP contribution in [0.2, 0.25) is 0 Å². The standard InChI is InChI=1S/C27H41N3O7/c1-6-19(17(4)5)14-21(31)20(12-16(2)3)30-25(33)22(15-24(28)32)36-26(34)23(37-27(29)35)13-18-10-8-7-9-11-18/h6-11,16-17,19-23,31H,1,12-15H2,2-5H3,(H2,28,32)(H2,29,35)(H,30,33)/t19?,20-,21-,22-,23-/m0/s1. The van der Waals surface area contributed by atoms with Gasteiger partial charge in [0.2, 0.25) is 12.0 Å². The zero-order chi connectivity index (χ0) is 28.1. The third-order valence-electron chi connectivity index (χ3n) is 5.91. The second-order valence-electron chi connectivity index (χ2n) is 9.90. The highest BCUT2D eigenvalue weighted by atomic mass is 16.6. The topological polar surface area (TPSA) is 171 Å². The van der Waals surface area contributed by atoms with Gasteiger partial charge in [-0.15, -0.1) is 6.58 Å². The van der Waals surface area contributed by atoms with Gasteiger partial charge in [-0.1, -0.05) is 64.1 Å². The first-order chi connectivity index (χ1) is 17.3. The van der Waals surface area contributed by atoms with Crippen LogP contribution in [0.25, 0.3) is 0 Å². The molecule has 0 saturated heterocycles. The van der Waals surface area contributed by atoms with Crippen LogP contribution in [0.15, 0.2) is 43.0 Å². The predicted molar refractivity (Wildman–Crippen MR) is 139 cm³/mol. The minimum Gasteiger partial charge on any atom is -0.449 e. The van der Waals surface area contributed by atoms with E-state index in [4.69, 9.17) is 20.9 Å². The Bertz CT molecular complexity index is 905. The molecule has 10 nitrogen and oxygen atoms in total. The van der Waals surface area contributed by atoms with E-state index in [-0.39, 0.29) is 24.2 Å². The van der Waals surface area contributed by atoms with E-state index in [9.17, 15) is 24.3 Å². The third kappa shape index (κ3) is 11.9. The van der Waals surface area contributed by atoms with Crippen molar-refractivity contribution >= 4 is 23.9 Å². The first kappa shape index (κ1) is 31.6. The van der Waals surface area contributed by atoms with E-state index in [1.807, 2.05) is 27.7 Å². The molecule has 0 bridgehead atoms. The highest BCUT2D eigenvalue weighted by molar-refractivity contribution is 5.90. The Balaban J connectivity index is 3.08. The number of amides is 3. The average molecular weight is 520 g/mol. The smallest absolute Gasteiger partial charge is 0.405 e. The van der Waals surface area contributed by atoms with Crippen molar-refractivity contribution in [3.63, 3.8) is 0 Å². The van der Waals surface area contributed by atoms with Crippen LogP contribution in [0, 0.1) is 17.8 Å². The van der Waals surface area contributed by atoms with Crippen molar-refractivity contribution in [3.05, 3.63) is 48.6 Å². The molecule has 0 aromatic heterocycles. The lowest BCUT2D eigenvalue weighted by atomic mass is 9.86. The predicted octanol–water partition coefficient (Wildman–Crippen LogP) is 2.22. The number of benzene rings is 1. The first-order valence-corrected chi connectivity index (χ1v) is 12.4. The summed E-state index contributed by atoms with van der Waals surface area (Å²) in [6.45, 7) is 11.7. The Hall–Kier alpha value is -3.40. The highest BCUT2D eigenvalue weighted by Gasteiger charge is 2.34. The quantitative estimate of drug-likeness (QED) is 0.191. The van der Waals surface area contributed by atoms with Crippen molar-refractivity contribution in [2.45, 2.75) is 77.7 Å². The summed E-state index contributed by atoms with van der Waals surface area (Å²) in [5.74, 6) is -2.36. The summed E-state index contributed by atoms with van der Waals surface area (Å²) in [5.41, 5.74) is 11.1. The van der Waals surface area contributed by atoms with Crippen LogP contribution in [0.5, 0.6) is 0 Å². The van der Waals surface area contributed by atoms with Crippen molar-refractivity contribution in [3.8, 4) is 0 Å². The van der Waals surface area contributed by atoms with Gasteiger partial charge in [0.25, 0.3) is 5.91 Å². The summed E-state index contributed by atoms with van der Waals surface area (Å²) in [4.78, 5) is 49.1. The van der Waals surface area contributed by atoms with Gasteiger partial charge in [-0.2, -0.15) is 0 Å². The Morgan fingerprint density at radius 2 is 1.62 bits per heavy atom. The molecule has 206 valence electrons. The Kier molecular flexibility index (Phi) is 13.4. The number of allylic oxidation sites excluding steroid dienone is 1. The molecule has 0 radical (unpaired) electrons. The number of aliphatic hydroxyl groups is 1. The summed E-state index contributed by atoms with van der Waals surface area (Å²) in [7, 11) is 0. The molecule has 0 aliphatic heterocycles. The molecule has 0 fully saturated rings. The van der Waals surface area contributed by atoms with Gasteiger partial charge in [-0.25, -0.2) is 9.59 Å². The number of aliphatic hydroxyl groups excluding tert-OH is 1. The largest absolute Gasteiger partial charge is 0.449 e. The number of nitrogens with two attached hydrogens (primary N) is 2. The minimum atomic E-state index is -1.60. The first-order valence-electron chi connectivity index (χ1n) is 12.4. The molecule has 1 aromatic carbocycles. The number of carbonyl (C=O) groups excluding carboxylic acids is 4. The SMILES string of the molecule is C=CC(C[C@H](O)[C@H](CC(C)C)NC(=O)[C@H](CC(N)=O)OC(=O)[C@H](Cc1ccccc1)OC(N)=O)C(C)C. The van der Waals surface area contributed by atoms with Gasteiger partial charge in [0.1, 0.15) is 0 Å². The number of hydrogen-bond acceptors (Lipinski definition) is 7. The molecule has 0 heterocycles. The third-order valence-corrected chi connectivity index (χ3v) is 5.91. The normalized spacial score (nSPS) is 15.2. The lowest BCUT2D eigenvalue weighted by Crippen LogP contribution is -2.51. The molecule has 0 spiro atoms. The number of ether oxygens (including phenoxy) is 2. The Labute approximate surface area is 218 Å². The summed E-state index contributed by atoms with van der Waals surface area (Å²) in [6.07, 6.45) is -3.23. The van der Waals surface area contributed by atoms with Gasteiger partial charge in [-0.05, 0) is 36.2 Å². The molecule has 5 atom stereocenters. The van der Waals surface area contributed by atoms with Crippen molar-refractivity contribution < 1.29 is 33.8 Å². The molecule has 1 aromatic rings.